The van der Waals surface area contributed by atoms with E-state index in [9.17, 15) is 4.79 Å². The zero-order chi connectivity index (χ0) is 30.8. The Bertz CT molecular complexity index is 552. The third-order valence-corrected chi connectivity index (χ3v) is 4.69. The maximum absolute atomic E-state index is 11.5. The van der Waals surface area contributed by atoms with E-state index in [4.69, 9.17) is 56.8 Å². The van der Waals surface area contributed by atoms with E-state index in [-0.39, 0.29) is 0 Å². The summed E-state index contributed by atoms with van der Waals surface area (Å²) in [5.74, 6) is 0. The lowest BCUT2D eigenvalue weighted by Gasteiger charge is -2.19. The summed E-state index contributed by atoms with van der Waals surface area (Å²) in [6.45, 7) is 16.4. The number of hydrogen-bond acceptors (Lipinski definition) is 13. The lowest BCUT2D eigenvalue weighted by Crippen LogP contribution is -2.34. The van der Waals surface area contributed by atoms with Crippen molar-refractivity contribution in [2.24, 2.45) is 0 Å². The van der Waals surface area contributed by atoms with Gasteiger partial charge in [-0.3, -0.25) is 0 Å². The van der Waals surface area contributed by atoms with Crippen LogP contribution in [0.1, 0.15) is 20.8 Å². The third kappa shape index (κ3) is 36.9. The number of hydrogen-bond donors (Lipinski definition) is 1. The molecule has 0 spiro atoms. The Labute approximate surface area is 252 Å². The van der Waals surface area contributed by atoms with Crippen molar-refractivity contribution in [3.8, 4) is 0 Å². The topological polar surface area (TPSA) is 140 Å². The monoisotopic (exact) mass is 615 g/mol. The number of ether oxygens (including phenoxy) is 12. The van der Waals surface area contributed by atoms with Crippen LogP contribution in [-0.4, -0.2) is 164 Å². The van der Waals surface area contributed by atoms with Gasteiger partial charge in [0.05, 0.1) is 139 Å². The third-order valence-electron chi connectivity index (χ3n) is 4.69. The van der Waals surface area contributed by atoms with E-state index >= 15 is 0 Å². The van der Waals surface area contributed by atoms with Crippen molar-refractivity contribution in [3.05, 3.63) is 0 Å². The van der Waals surface area contributed by atoms with Crippen LogP contribution in [0.15, 0.2) is 0 Å². The fourth-order valence-electron chi connectivity index (χ4n) is 2.76. The van der Waals surface area contributed by atoms with E-state index < -0.39 is 11.7 Å². The maximum Gasteiger partial charge on any atom is 0.407 e. The summed E-state index contributed by atoms with van der Waals surface area (Å²) in [4.78, 5) is 11.5. The highest BCUT2D eigenvalue weighted by Crippen LogP contribution is 2.06. The standard InChI is InChI=1S/C28H57NO13/c1-28(2,3)42-27(30)29-5-6-32-9-10-34-13-14-36-17-18-38-21-22-40-25-26-41-24-23-39-20-19-37-16-15-35-12-11-33-8-7-31-4/h5-26H2,1-4H3,(H,29,30). The zero-order valence-corrected chi connectivity index (χ0v) is 26.4. The van der Waals surface area contributed by atoms with Crippen molar-refractivity contribution in [2.45, 2.75) is 26.4 Å². The van der Waals surface area contributed by atoms with Gasteiger partial charge in [-0.2, -0.15) is 0 Å². The smallest absolute Gasteiger partial charge is 0.407 e. The Morgan fingerprint density at radius 1 is 0.429 bits per heavy atom. The highest BCUT2D eigenvalue weighted by molar-refractivity contribution is 5.67. The van der Waals surface area contributed by atoms with Crippen LogP contribution < -0.4 is 5.32 Å². The molecule has 0 fully saturated rings. The molecule has 0 saturated carbocycles. The molecule has 0 radical (unpaired) electrons. The predicted molar refractivity (Wildman–Crippen MR) is 154 cm³/mol. The molecule has 1 amide bonds. The van der Waals surface area contributed by atoms with Crippen molar-refractivity contribution in [1.29, 1.82) is 0 Å². The van der Waals surface area contributed by atoms with Gasteiger partial charge in [0.25, 0.3) is 0 Å². The van der Waals surface area contributed by atoms with Gasteiger partial charge in [-0.25, -0.2) is 4.79 Å². The van der Waals surface area contributed by atoms with E-state index in [1.807, 2.05) is 20.8 Å². The lowest BCUT2D eigenvalue weighted by molar-refractivity contribution is -0.0270. The Morgan fingerprint density at radius 2 is 0.667 bits per heavy atom. The Hall–Kier alpha value is -1.17. The second kappa shape index (κ2) is 32.7. The van der Waals surface area contributed by atoms with E-state index in [0.29, 0.717) is 145 Å². The van der Waals surface area contributed by atoms with Gasteiger partial charge >= 0.3 is 6.09 Å². The number of alkyl carbamates (subject to hydrolysis) is 1. The summed E-state index contributed by atoms with van der Waals surface area (Å²) in [5.41, 5.74) is -0.509. The molecule has 0 atom stereocenters. The van der Waals surface area contributed by atoms with E-state index in [2.05, 4.69) is 5.32 Å². The van der Waals surface area contributed by atoms with Crippen LogP contribution in [0.2, 0.25) is 0 Å². The molecule has 1 N–H and O–H groups in total. The van der Waals surface area contributed by atoms with Gasteiger partial charge in [-0.1, -0.05) is 0 Å². The zero-order valence-electron chi connectivity index (χ0n) is 26.4. The first-order valence-electron chi connectivity index (χ1n) is 14.7. The second-order valence-electron chi connectivity index (χ2n) is 9.55. The second-order valence-corrected chi connectivity index (χ2v) is 9.55. The summed E-state index contributed by atoms with van der Waals surface area (Å²) in [6, 6.07) is 0. The molecule has 14 heteroatoms. The number of nitrogens with one attached hydrogen (secondary N) is 1. The normalized spacial score (nSPS) is 11.7. The van der Waals surface area contributed by atoms with Crippen LogP contribution in [0.25, 0.3) is 0 Å². The van der Waals surface area contributed by atoms with Crippen LogP contribution in [-0.2, 0) is 56.8 Å². The number of amides is 1. The van der Waals surface area contributed by atoms with Gasteiger partial charge in [-0.15, -0.1) is 0 Å². The SMILES string of the molecule is COCCOCCOCCOCCOCCOCCOCCOCCOCCOCCOCCNC(=O)OC(C)(C)C. The minimum atomic E-state index is -0.509. The molecule has 0 saturated heterocycles. The first-order valence-corrected chi connectivity index (χ1v) is 14.7. The molecule has 0 aliphatic carbocycles. The minimum Gasteiger partial charge on any atom is -0.444 e. The number of methoxy groups -OCH3 is 1. The summed E-state index contributed by atoms with van der Waals surface area (Å²) in [5, 5.41) is 2.63. The number of rotatable bonds is 33. The first kappa shape index (κ1) is 40.8. The summed E-state index contributed by atoms with van der Waals surface area (Å²) < 4.78 is 64.2. The maximum atomic E-state index is 11.5. The fraction of sp³-hybridized carbons (Fsp3) is 0.964. The highest BCUT2D eigenvalue weighted by atomic mass is 16.6. The Kier molecular flexibility index (Phi) is 31.8. The molecular formula is C28H57NO13. The van der Waals surface area contributed by atoms with Crippen molar-refractivity contribution >= 4 is 6.09 Å². The molecule has 0 aliphatic rings. The van der Waals surface area contributed by atoms with Gasteiger partial charge in [-0.05, 0) is 20.8 Å². The van der Waals surface area contributed by atoms with Crippen LogP contribution in [0, 0.1) is 0 Å². The first-order chi connectivity index (χ1) is 20.5. The summed E-state index contributed by atoms with van der Waals surface area (Å²) in [7, 11) is 1.64. The molecule has 0 unspecified atom stereocenters. The van der Waals surface area contributed by atoms with Crippen LogP contribution in [0.5, 0.6) is 0 Å². The Balaban J connectivity index is 3.09. The molecule has 0 aromatic carbocycles. The average molecular weight is 616 g/mol. The van der Waals surface area contributed by atoms with Crippen molar-refractivity contribution < 1.29 is 61.6 Å². The molecule has 0 bridgehead atoms. The van der Waals surface area contributed by atoms with E-state index in [0.717, 1.165) is 0 Å². The predicted octanol–water partition coefficient (Wildman–Crippen LogP) is 1.32. The molecule has 0 heterocycles. The largest absolute Gasteiger partial charge is 0.444 e. The molecule has 14 nitrogen and oxygen atoms in total. The average Bonchev–Trinajstić information content (AvgIpc) is 2.94. The molecule has 252 valence electrons. The molecular weight excluding hydrogens is 558 g/mol. The molecule has 0 aromatic heterocycles. The quantitative estimate of drug-likeness (QED) is 0.106. The van der Waals surface area contributed by atoms with Gasteiger partial charge in [0.1, 0.15) is 5.60 Å². The van der Waals surface area contributed by atoms with Gasteiger partial charge < -0.3 is 62.2 Å². The van der Waals surface area contributed by atoms with Crippen molar-refractivity contribution in [1.82, 2.24) is 5.32 Å². The van der Waals surface area contributed by atoms with Gasteiger partial charge in [0.15, 0.2) is 0 Å². The van der Waals surface area contributed by atoms with E-state index in [1.165, 1.54) is 0 Å². The Morgan fingerprint density at radius 3 is 0.905 bits per heavy atom. The molecule has 42 heavy (non-hydrogen) atoms. The van der Waals surface area contributed by atoms with Crippen LogP contribution in [0.4, 0.5) is 4.79 Å². The van der Waals surface area contributed by atoms with Gasteiger partial charge in [0, 0.05) is 13.7 Å². The fourth-order valence-corrected chi connectivity index (χ4v) is 2.76. The minimum absolute atomic E-state index is 0.384. The van der Waals surface area contributed by atoms with Crippen molar-refractivity contribution in [2.75, 3.05) is 152 Å². The number of carbonyl (C=O) groups is 1. The van der Waals surface area contributed by atoms with Crippen molar-refractivity contribution in [3.63, 3.8) is 0 Å². The summed E-state index contributed by atoms with van der Waals surface area (Å²) in [6.07, 6.45) is -0.451. The lowest BCUT2D eigenvalue weighted by atomic mass is 10.2. The number of carbonyl (C=O) groups excluding carboxylic acids is 1. The van der Waals surface area contributed by atoms with Crippen LogP contribution >= 0.6 is 0 Å². The molecule has 0 rings (SSSR count). The van der Waals surface area contributed by atoms with E-state index in [1.54, 1.807) is 7.11 Å². The van der Waals surface area contributed by atoms with Gasteiger partial charge in [0.2, 0.25) is 0 Å². The molecule has 0 aliphatic heterocycles. The van der Waals surface area contributed by atoms with Crippen LogP contribution in [0.3, 0.4) is 0 Å². The molecule has 0 aromatic rings. The highest BCUT2D eigenvalue weighted by Gasteiger charge is 2.15. The summed E-state index contributed by atoms with van der Waals surface area (Å²) >= 11 is 0.